The third kappa shape index (κ3) is 1.71. The van der Waals surface area contributed by atoms with Crippen molar-refractivity contribution in [3.63, 3.8) is 0 Å². The standard InChI is InChI=1S/C13H13NO3/c1-7-4-8(2)12-9(5-7)10(13(16)17)6-11(15)14(12)3/h4-6H,1-3H3,(H,16,17). The highest BCUT2D eigenvalue weighted by Crippen LogP contribution is 2.22. The molecule has 0 atom stereocenters. The maximum Gasteiger partial charge on any atom is 0.336 e. The van der Waals surface area contributed by atoms with Gasteiger partial charge in [-0.25, -0.2) is 4.79 Å². The van der Waals surface area contributed by atoms with E-state index in [4.69, 9.17) is 5.11 Å². The van der Waals surface area contributed by atoms with Crippen molar-refractivity contribution in [3.8, 4) is 0 Å². The number of aryl methyl sites for hydroxylation is 3. The number of carboxylic acids is 1. The third-order valence-electron chi connectivity index (χ3n) is 2.90. The molecule has 0 amide bonds. The van der Waals surface area contributed by atoms with Crippen molar-refractivity contribution < 1.29 is 9.90 Å². The molecule has 1 aromatic carbocycles. The topological polar surface area (TPSA) is 59.3 Å². The van der Waals surface area contributed by atoms with Gasteiger partial charge in [0.2, 0.25) is 0 Å². The molecule has 2 aromatic rings. The number of carbonyl (C=O) groups is 1. The summed E-state index contributed by atoms with van der Waals surface area (Å²) in [7, 11) is 1.65. The summed E-state index contributed by atoms with van der Waals surface area (Å²) in [5.74, 6) is -1.07. The SMILES string of the molecule is Cc1cc(C)c2c(c1)c(C(=O)O)cc(=O)n2C. The Balaban J connectivity index is 3.09. The first kappa shape index (κ1) is 11.4. The molecule has 1 heterocycles. The normalized spacial score (nSPS) is 10.8. The Labute approximate surface area is 98.1 Å². The van der Waals surface area contributed by atoms with Crippen LogP contribution in [0.3, 0.4) is 0 Å². The van der Waals surface area contributed by atoms with Crippen molar-refractivity contribution in [1.82, 2.24) is 4.57 Å². The zero-order valence-electron chi connectivity index (χ0n) is 9.94. The average Bonchev–Trinajstić information content (AvgIpc) is 2.21. The molecule has 0 radical (unpaired) electrons. The maximum absolute atomic E-state index is 11.7. The predicted octanol–water partition coefficient (Wildman–Crippen LogP) is 1.85. The van der Waals surface area contributed by atoms with Crippen LogP contribution in [-0.2, 0) is 7.05 Å². The van der Waals surface area contributed by atoms with Crippen molar-refractivity contribution >= 4 is 16.9 Å². The molecule has 0 bridgehead atoms. The number of hydrogen-bond acceptors (Lipinski definition) is 2. The monoisotopic (exact) mass is 231 g/mol. The first-order chi connectivity index (χ1) is 7.91. The summed E-state index contributed by atoms with van der Waals surface area (Å²) in [4.78, 5) is 22.8. The fourth-order valence-electron chi connectivity index (χ4n) is 2.20. The van der Waals surface area contributed by atoms with Gasteiger partial charge in [-0.15, -0.1) is 0 Å². The Kier molecular flexibility index (Phi) is 2.50. The molecule has 88 valence electrons. The molecule has 2 rings (SSSR count). The zero-order chi connectivity index (χ0) is 12.7. The molecule has 0 fully saturated rings. The molecule has 0 spiro atoms. The number of benzene rings is 1. The Morgan fingerprint density at radius 1 is 1.24 bits per heavy atom. The van der Waals surface area contributed by atoms with Gasteiger partial charge in [-0.1, -0.05) is 11.6 Å². The van der Waals surface area contributed by atoms with Gasteiger partial charge in [0.05, 0.1) is 11.1 Å². The van der Waals surface area contributed by atoms with Gasteiger partial charge in [-0.2, -0.15) is 0 Å². The lowest BCUT2D eigenvalue weighted by Crippen LogP contribution is -2.19. The highest BCUT2D eigenvalue weighted by molar-refractivity contribution is 6.03. The predicted molar refractivity (Wildman–Crippen MR) is 65.6 cm³/mol. The van der Waals surface area contributed by atoms with E-state index in [-0.39, 0.29) is 11.1 Å². The van der Waals surface area contributed by atoms with Crippen LogP contribution in [0.15, 0.2) is 23.0 Å². The minimum atomic E-state index is -1.07. The number of rotatable bonds is 1. The van der Waals surface area contributed by atoms with E-state index in [1.54, 1.807) is 13.1 Å². The second kappa shape index (κ2) is 3.73. The lowest BCUT2D eigenvalue weighted by molar-refractivity contribution is 0.0699. The van der Waals surface area contributed by atoms with Crippen LogP contribution in [0.1, 0.15) is 21.5 Å². The van der Waals surface area contributed by atoms with Gasteiger partial charge in [0.1, 0.15) is 0 Å². The molecule has 0 aliphatic carbocycles. The highest BCUT2D eigenvalue weighted by atomic mass is 16.4. The lowest BCUT2D eigenvalue weighted by Gasteiger charge is -2.11. The van der Waals surface area contributed by atoms with Crippen LogP contribution in [0, 0.1) is 13.8 Å². The van der Waals surface area contributed by atoms with Gasteiger partial charge in [0.15, 0.2) is 0 Å². The van der Waals surface area contributed by atoms with Crippen LogP contribution in [0.2, 0.25) is 0 Å². The number of aromatic carboxylic acids is 1. The first-order valence-electron chi connectivity index (χ1n) is 5.26. The van der Waals surface area contributed by atoms with Crippen LogP contribution < -0.4 is 5.56 Å². The first-order valence-corrected chi connectivity index (χ1v) is 5.26. The molecular formula is C13H13NO3. The molecule has 1 N–H and O–H groups in total. The van der Waals surface area contributed by atoms with Crippen LogP contribution >= 0.6 is 0 Å². The summed E-state index contributed by atoms with van der Waals surface area (Å²) >= 11 is 0. The number of pyridine rings is 1. The fraction of sp³-hybridized carbons (Fsp3) is 0.231. The number of carboxylic acid groups (broad SMARTS) is 1. The molecule has 17 heavy (non-hydrogen) atoms. The molecule has 4 nitrogen and oxygen atoms in total. The summed E-state index contributed by atoms with van der Waals surface area (Å²) < 4.78 is 1.48. The van der Waals surface area contributed by atoms with Gasteiger partial charge in [-0.3, -0.25) is 4.79 Å². The van der Waals surface area contributed by atoms with Gasteiger partial charge in [-0.05, 0) is 25.5 Å². The number of nitrogens with zero attached hydrogens (tertiary/aromatic N) is 1. The largest absolute Gasteiger partial charge is 0.478 e. The summed E-state index contributed by atoms with van der Waals surface area (Å²) in [5.41, 5.74) is 2.33. The van der Waals surface area contributed by atoms with Gasteiger partial charge in [0.25, 0.3) is 5.56 Å². The molecule has 4 heteroatoms. The van der Waals surface area contributed by atoms with E-state index in [9.17, 15) is 9.59 Å². The highest BCUT2D eigenvalue weighted by Gasteiger charge is 2.14. The van der Waals surface area contributed by atoms with Crippen LogP contribution in [-0.4, -0.2) is 15.6 Å². The Morgan fingerprint density at radius 2 is 1.88 bits per heavy atom. The summed E-state index contributed by atoms with van der Waals surface area (Å²) in [6.07, 6.45) is 0. The van der Waals surface area contributed by atoms with E-state index < -0.39 is 5.97 Å². The Hall–Kier alpha value is -2.10. The van der Waals surface area contributed by atoms with Crippen LogP contribution in [0.4, 0.5) is 0 Å². The molecule has 0 aliphatic heterocycles. The average molecular weight is 231 g/mol. The van der Waals surface area contributed by atoms with E-state index in [2.05, 4.69) is 0 Å². The van der Waals surface area contributed by atoms with E-state index in [1.165, 1.54) is 10.6 Å². The van der Waals surface area contributed by atoms with Crippen LogP contribution in [0.25, 0.3) is 10.9 Å². The second-order valence-corrected chi connectivity index (χ2v) is 4.24. The minimum Gasteiger partial charge on any atom is -0.478 e. The van der Waals surface area contributed by atoms with E-state index in [0.717, 1.165) is 11.1 Å². The van der Waals surface area contributed by atoms with Gasteiger partial charge >= 0.3 is 5.97 Å². The number of aromatic nitrogens is 1. The van der Waals surface area contributed by atoms with Crippen LogP contribution in [0.5, 0.6) is 0 Å². The van der Waals surface area contributed by atoms with Gasteiger partial charge in [0, 0.05) is 18.5 Å². The van der Waals surface area contributed by atoms with Crippen molar-refractivity contribution in [1.29, 1.82) is 0 Å². The number of fused-ring (bicyclic) bond motifs is 1. The fourth-order valence-corrected chi connectivity index (χ4v) is 2.20. The molecule has 0 aliphatic rings. The quantitative estimate of drug-likeness (QED) is 0.814. The van der Waals surface area contributed by atoms with Crippen molar-refractivity contribution in [3.05, 3.63) is 45.2 Å². The maximum atomic E-state index is 11.7. The molecule has 0 saturated carbocycles. The summed E-state index contributed by atoms with van der Waals surface area (Å²) in [6.45, 7) is 3.78. The minimum absolute atomic E-state index is 0.0647. The Morgan fingerprint density at radius 3 is 2.47 bits per heavy atom. The van der Waals surface area contributed by atoms with Crippen molar-refractivity contribution in [2.75, 3.05) is 0 Å². The molecule has 1 aromatic heterocycles. The molecule has 0 unspecified atom stereocenters. The van der Waals surface area contributed by atoms with Gasteiger partial charge < -0.3 is 9.67 Å². The van der Waals surface area contributed by atoms with Crippen molar-refractivity contribution in [2.24, 2.45) is 7.05 Å². The smallest absolute Gasteiger partial charge is 0.336 e. The summed E-state index contributed by atoms with van der Waals surface area (Å²) in [6, 6.07) is 4.90. The van der Waals surface area contributed by atoms with E-state index in [1.807, 2.05) is 19.9 Å². The zero-order valence-corrected chi connectivity index (χ0v) is 9.94. The summed E-state index contributed by atoms with van der Waals surface area (Å²) in [5, 5.41) is 9.74. The van der Waals surface area contributed by atoms with E-state index >= 15 is 0 Å². The second-order valence-electron chi connectivity index (χ2n) is 4.24. The molecular weight excluding hydrogens is 218 g/mol. The lowest BCUT2D eigenvalue weighted by atomic mass is 10.0. The third-order valence-corrected chi connectivity index (χ3v) is 2.90. The van der Waals surface area contributed by atoms with Crippen molar-refractivity contribution in [2.45, 2.75) is 13.8 Å². The van der Waals surface area contributed by atoms with E-state index in [0.29, 0.717) is 10.9 Å². The Bertz CT molecular complexity index is 683. The molecule has 0 saturated heterocycles. The number of hydrogen-bond donors (Lipinski definition) is 1.